The van der Waals surface area contributed by atoms with E-state index in [1.165, 1.54) is 7.11 Å². The molecule has 1 aromatic rings. The third-order valence-corrected chi connectivity index (χ3v) is 3.04. The number of carbonyl (C=O) groups is 2. The van der Waals surface area contributed by atoms with E-state index in [2.05, 4.69) is 5.32 Å². The van der Waals surface area contributed by atoms with E-state index < -0.39 is 23.7 Å². The molecule has 3 N–H and O–H groups in total. The number of ether oxygens (including phenoxy) is 2. The highest BCUT2D eigenvalue weighted by atomic mass is 35.5. The number of hydrogen-bond donors (Lipinski definition) is 2. The Morgan fingerprint density at radius 2 is 2.00 bits per heavy atom. The Hall–Kier alpha value is -1.95. The molecule has 0 bridgehead atoms. The summed E-state index contributed by atoms with van der Waals surface area (Å²) in [6.07, 6.45) is -0.557. The van der Waals surface area contributed by atoms with Crippen LogP contribution in [-0.4, -0.2) is 30.8 Å². The van der Waals surface area contributed by atoms with Gasteiger partial charge < -0.3 is 20.5 Å². The maximum Gasteiger partial charge on any atom is 0.408 e. The van der Waals surface area contributed by atoms with Crippen molar-refractivity contribution in [1.82, 2.24) is 5.32 Å². The Bertz CT molecular complexity index is 555. The van der Waals surface area contributed by atoms with Crippen LogP contribution in [0.3, 0.4) is 0 Å². The lowest BCUT2D eigenvalue weighted by molar-refractivity contribution is -0.143. The molecule has 0 radical (unpaired) electrons. The van der Waals surface area contributed by atoms with Crippen molar-refractivity contribution in [2.75, 3.05) is 12.8 Å². The van der Waals surface area contributed by atoms with Crippen LogP contribution in [0.1, 0.15) is 26.3 Å². The molecule has 0 spiro atoms. The summed E-state index contributed by atoms with van der Waals surface area (Å²) >= 11 is 6.08. The molecule has 122 valence electrons. The second kappa shape index (κ2) is 7.35. The van der Waals surface area contributed by atoms with Crippen molar-refractivity contribution >= 4 is 29.4 Å². The first-order chi connectivity index (χ1) is 10.1. The molecule has 1 rings (SSSR count). The molecule has 0 saturated carbocycles. The lowest BCUT2D eigenvalue weighted by atomic mass is 10.1. The molecule has 0 aliphatic heterocycles. The van der Waals surface area contributed by atoms with E-state index in [1.54, 1.807) is 39.0 Å². The minimum Gasteiger partial charge on any atom is -0.467 e. The van der Waals surface area contributed by atoms with Crippen LogP contribution in [0.4, 0.5) is 10.5 Å². The van der Waals surface area contributed by atoms with Gasteiger partial charge in [0.15, 0.2) is 0 Å². The summed E-state index contributed by atoms with van der Waals surface area (Å²) in [5.74, 6) is -0.593. The quantitative estimate of drug-likeness (QED) is 0.654. The van der Waals surface area contributed by atoms with E-state index >= 15 is 0 Å². The van der Waals surface area contributed by atoms with E-state index in [0.717, 1.165) is 0 Å². The third-order valence-electron chi connectivity index (χ3n) is 2.67. The number of esters is 1. The SMILES string of the molecule is COC(=O)[C@H](Cc1cc(N)ccc1Cl)NC(=O)OC(C)(C)C. The number of anilines is 1. The van der Waals surface area contributed by atoms with Crippen LogP contribution in [0, 0.1) is 0 Å². The maximum atomic E-state index is 11.8. The van der Waals surface area contributed by atoms with Crippen LogP contribution in [0.2, 0.25) is 5.02 Å². The minimum atomic E-state index is -0.917. The van der Waals surface area contributed by atoms with Gasteiger partial charge in [-0.05, 0) is 44.5 Å². The predicted octanol–water partition coefficient (Wildman–Crippen LogP) is 2.53. The van der Waals surface area contributed by atoms with Gasteiger partial charge in [0.1, 0.15) is 11.6 Å². The van der Waals surface area contributed by atoms with Crippen LogP contribution in [0.15, 0.2) is 18.2 Å². The van der Waals surface area contributed by atoms with E-state index in [0.29, 0.717) is 16.3 Å². The van der Waals surface area contributed by atoms with Crippen molar-refractivity contribution < 1.29 is 19.1 Å². The van der Waals surface area contributed by atoms with Crippen LogP contribution in [-0.2, 0) is 20.7 Å². The molecular formula is C15H21ClN2O4. The molecular weight excluding hydrogens is 308 g/mol. The van der Waals surface area contributed by atoms with Gasteiger partial charge in [-0.25, -0.2) is 9.59 Å². The Morgan fingerprint density at radius 3 is 2.55 bits per heavy atom. The number of halogens is 1. The largest absolute Gasteiger partial charge is 0.467 e. The Morgan fingerprint density at radius 1 is 1.36 bits per heavy atom. The lowest BCUT2D eigenvalue weighted by Gasteiger charge is -2.23. The molecule has 0 fully saturated rings. The number of amides is 1. The van der Waals surface area contributed by atoms with Crippen molar-refractivity contribution in [1.29, 1.82) is 0 Å². The summed E-state index contributed by atoms with van der Waals surface area (Å²) in [4.78, 5) is 23.7. The number of hydrogen-bond acceptors (Lipinski definition) is 5. The topological polar surface area (TPSA) is 90.6 Å². The summed E-state index contributed by atoms with van der Waals surface area (Å²) in [5.41, 5.74) is 6.19. The summed E-state index contributed by atoms with van der Waals surface area (Å²) < 4.78 is 9.84. The van der Waals surface area contributed by atoms with E-state index in [4.69, 9.17) is 26.8 Å². The molecule has 0 aliphatic carbocycles. The zero-order valence-electron chi connectivity index (χ0n) is 13.1. The summed E-state index contributed by atoms with van der Waals surface area (Å²) in [5, 5.41) is 2.94. The van der Waals surface area contributed by atoms with Crippen molar-refractivity contribution in [2.45, 2.75) is 38.8 Å². The molecule has 0 unspecified atom stereocenters. The first kappa shape index (κ1) is 18.1. The average Bonchev–Trinajstić information content (AvgIpc) is 2.39. The Labute approximate surface area is 134 Å². The number of methoxy groups -OCH3 is 1. The zero-order valence-corrected chi connectivity index (χ0v) is 13.9. The van der Waals surface area contributed by atoms with Crippen molar-refractivity contribution in [3.8, 4) is 0 Å². The number of nitrogens with one attached hydrogen (secondary N) is 1. The zero-order chi connectivity index (χ0) is 16.9. The van der Waals surface area contributed by atoms with Crippen molar-refractivity contribution in [3.05, 3.63) is 28.8 Å². The van der Waals surface area contributed by atoms with Crippen LogP contribution in [0.5, 0.6) is 0 Å². The number of rotatable bonds is 4. The number of carbonyl (C=O) groups excluding carboxylic acids is 2. The van der Waals surface area contributed by atoms with Gasteiger partial charge in [-0.15, -0.1) is 0 Å². The normalized spacial score (nSPS) is 12.4. The Balaban J connectivity index is 2.87. The minimum absolute atomic E-state index is 0.149. The second-order valence-electron chi connectivity index (χ2n) is 5.78. The van der Waals surface area contributed by atoms with Gasteiger partial charge in [0.25, 0.3) is 0 Å². The summed E-state index contributed by atoms with van der Waals surface area (Å²) in [7, 11) is 1.24. The van der Waals surface area contributed by atoms with Crippen molar-refractivity contribution in [2.24, 2.45) is 0 Å². The number of alkyl carbamates (subject to hydrolysis) is 1. The first-order valence-electron chi connectivity index (χ1n) is 6.73. The highest BCUT2D eigenvalue weighted by molar-refractivity contribution is 6.31. The van der Waals surface area contributed by atoms with Gasteiger partial charge in [0.05, 0.1) is 7.11 Å². The van der Waals surface area contributed by atoms with Crippen LogP contribution in [0.25, 0.3) is 0 Å². The molecule has 1 aromatic carbocycles. The highest BCUT2D eigenvalue weighted by Gasteiger charge is 2.26. The summed E-state index contributed by atoms with van der Waals surface area (Å²) in [6.45, 7) is 5.19. The standard InChI is InChI=1S/C15H21ClN2O4/c1-15(2,3)22-14(20)18-12(13(19)21-4)8-9-7-10(17)5-6-11(9)16/h5-7,12H,8,17H2,1-4H3,(H,18,20)/t12-/m0/s1. The van der Waals surface area contributed by atoms with Gasteiger partial charge in [-0.2, -0.15) is 0 Å². The van der Waals surface area contributed by atoms with Gasteiger partial charge in [0, 0.05) is 17.1 Å². The van der Waals surface area contributed by atoms with E-state index in [-0.39, 0.29) is 6.42 Å². The summed E-state index contributed by atoms with van der Waals surface area (Å²) in [6, 6.07) is 4.02. The average molecular weight is 329 g/mol. The van der Waals surface area contributed by atoms with Gasteiger partial charge in [-0.3, -0.25) is 0 Å². The smallest absolute Gasteiger partial charge is 0.408 e. The molecule has 6 nitrogen and oxygen atoms in total. The van der Waals surface area contributed by atoms with E-state index in [1.807, 2.05) is 0 Å². The number of benzene rings is 1. The Kier molecular flexibility index (Phi) is 6.05. The molecule has 22 heavy (non-hydrogen) atoms. The molecule has 0 saturated heterocycles. The van der Waals surface area contributed by atoms with Gasteiger partial charge in [-0.1, -0.05) is 11.6 Å². The molecule has 0 aromatic heterocycles. The van der Waals surface area contributed by atoms with Gasteiger partial charge in [0.2, 0.25) is 0 Å². The van der Waals surface area contributed by atoms with Crippen LogP contribution < -0.4 is 11.1 Å². The molecule has 1 atom stereocenters. The predicted molar refractivity (Wildman–Crippen MR) is 84.7 cm³/mol. The molecule has 0 aliphatic rings. The fraction of sp³-hybridized carbons (Fsp3) is 0.467. The number of nitrogens with two attached hydrogens (primary N) is 1. The number of nitrogen functional groups attached to an aromatic ring is 1. The van der Waals surface area contributed by atoms with Crippen molar-refractivity contribution in [3.63, 3.8) is 0 Å². The second-order valence-corrected chi connectivity index (χ2v) is 6.18. The maximum absolute atomic E-state index is 11.8. The lowest BCUT2D eigenvalue weighted by Crippen LogP contribution is -2.45. The van der Waals surface area contributed by atoms with Gasteiger partial charge >= 0.3 is 12.1 Å². The molecule has 7 heteroatoms. The van der Waals surface area contributed by atoms with Crippen LogP contribution >= 0.6 is 11.6 Å². The molecule has 1 amide bonds. The van der Waals surface area contributed by atoms with E-state index in [9.17, 15) is 9.59 Å². The fourth-order valence-electron chi connectivity index (χ4n) is 1.76. The third kappa shape index (κ3) is 5.81. The monoisotopic (exact) mass is 328 g/mol. The highest BCUT2D eigenvalue weighted by Crippen LogP contribution is 2.21. The molecule has 0 heterocycles. The fourth-order valence-corrected chi connectivity index (χ4v) is 1.95. The first-order valence-corrected chi connectivity index (χ1v) is 7.11.